The van der Waals surface area contributed by atoms with Gasteiger partial charge in [-0.2, -0.15) is 0 Å². The van der Waals surface area contributed by atoms with Crippen LogP contribution in [0.3, 0.4) is 0 Å². The highest BCUT2D eigenvalue weighted by Gasteiger charge is 2.22. The molecule has 2 N–H and O–H groups in total. The first-order chi connectivity index (χ1) is 12.4. The van der Waals surface area contributed by atoms with Crippen molar-refractivity contribution < 1.29 is 19.1 Å². The number of hydrogen-bond acceptors (Lipinski definition) is 7. The fourth-order valence-electron chi connectivity index (χ4n) is 1.89. The molecule has 1 unspecified atom stereocenters. The predicted molar refractivity (Wildman–Crippen MR) is 102 cm³/mol. The third-order valence-corrected chi connectivity index (χ3v) is 4.22. The van der Waals surface area contributed by atoms with E-state index in [9.17, 15) is 9.59 Å². The van der Waals surface area contributed by atoms with Crippen LogP contribution in [0.15, 0.2) is 36.2 Å². The first-order valence-corrected chi connectivity index (χ1v) is 8.86. The highest BCUT2D eigenvalue weighted by molar-refractivity contribution is 7.13. The van der Waals surface area contributed by atoms with Crippen LogP contribution in [0.5, 0.6) is 5.75 Å². The van der Waals surface area contributed by atoms with E-state index in [0.717, 1.165) is 0 Å². The second-order valence-electron chi connectivity index (χ2n) is 5.09. The molecule has 138 valence electrons. The number of benzene rings is 1. The van der Waals surface area contributed by atoms with Crippen LogP contribution in [0.25, 0.3) is 0 Å². The molecule has 0 spiro atoms. The SMILES string of the molecule is C=CCNc1nc(C(=O)OC(C)C(=O)Nc2cc(Cl)ccc2OC)cs1. The van der Waals surface area contributed by atoms with E-state index in [1.54, 1.807) is 29.7 Å². The summed E-state index contributed by atoms with van der Waals surface area (Å²) in [6, 6.07) is 4.81. The molecule has 0 saturated carbocycles. The number of carbonyl (C=O) groups is 2. The highest BCUT2D eigenvalue weighted by atomic mass is 35.5. The molecule has 2 rings (SSSR count). The van der Waals surface area contributed by atoms with Gasteiger partial charge in [-0.3, -0.25) is 4.79 Å². The van der Waals surface area contributed by atoms with E-state index in [0.29, 0.717) is 28.1 Å². The summed E-state index contributed by atoms with van der Waals surface area (Å²) in [4.78, 5) is 28.5. The normalized spacial score (nSPS) is 11.3. The zero-order chi connectivity index (χ0) is 19.1. The molecule has 9 heteroatoms. The lowest BCUT2D eigenvalue weighted by atomic mass is 10.2. The first-order valence-electron chi connectivity index (χ1n) is 7.60. The van der Waals surface area contributed by atoms with E-state index in [2.05, 4.69) is 22.2 Å². The van der Waals surface area contributed by atoms with Crippen molar-refractivity contribution >= 4 is 45.6 Å². The van der Waals surface area contributed by atoms with Crippen LogP contribution >= 0.6 is 22.9 Å². The summed E-state index contributed by atoms with van der Waals surface area (Å²) in [5, 5.41) is 8.16. The Hall–Kier alpha value is -2.58. The zero-order valence-electron chi connectivity index (χ0n) is 14.2. The summed E-state index contributed by atoms with van der Waals surface area (Å²) in [7, 11) is 1.47. The average molecular weight is 396 g/mol. The number of nitrogens with one attached hydrogen (secondary N) is 2. The molecule has 0 saturated heterocycles. The molecule has 26 heavy (non-hydrogen) atoms. The van der Waals surface area contributed by atoms with Gasteiger partial charge in [0.15, 0.2) is 16.9 Å². The molecule has 0 aliphatic heterocycles. The van der Waals surface area contributed by atoms with Crippen molar-refractivity contribution in [3.05, 3.63) is 47.0 Å². The van der Waals surface area contributed by atoms with Gasteiger partial charge in [-0.15, -0.1) is 17.9 Å². The minimum atomic E-state index is -1.03. The lowest BCUT2D eigenvalue weighted by molar-refractivity contribution is -0.123. The number of rotatable bonds is 8. The Balaban J connectivity index is 1.98. The van der Waals surface area contributed by atoms with Crippen LogP contribution in [0.2, 0.25) is 5.02 Å². The van der Waals surface area contributed by atoms with Crippen LogP contribution < -0.4 is 15.4 Å². The third kappa shape index (κ3) is 5.21. The number of thiazole rings is 1. The van der Waals surface area contributed by atoms with E-state index >= 15 is 0 Å². The molecular weight excluding hydrogens is 378 g/mol. The monoisotopic (exact) mass is 395 g/mol. The molecule has 1 amide bonds. The fraction of sp³-hybridized carbons (Fsp3) is 0.235. The summed E-state index contributed by atoms with van der Waals surface area (Å²) in [6.45, 7) is 5.59. The van der Waals surface area contributed by atoms with E-state index in [1.165, 1.54) is 25.4 Å². The van der Waals surface area contributed by atoms with Gasteiger partial charge in [0.25, 0.3) is 5.91 Å². The molecule has 0 aliphatic rings. The predicted octanol–water partition coefficient (Wildman–Crippen LogP) is 3.59. The molecule has 7 nitrogen and oxygen atoms in total. The lowest BCUT2D eigenvalue weighted by Crippen LogP contribution is -2.30. The van der Waals surface area contributed by atoms with Crippen LogP contribution in [0.4, 0.5) is 10.8 Å². The Morgan fingerprint density at radius 3 is 2.92 bits per heavy atom. The Morgan fingerprint density at radius 2 is 2.23 bits per heavy atom. The van der Waals surface area contributed by atoms with Gasteiger partial charge in [0, 0.05) is 16.9 Å². The molecule has 0 fully saturated rings. The number of esters is 1. The summed E-state index contributed by atoms with van der Waals surface area (Å²) >= 11 is 7.19. The second-order valence-corrected chi connectivity index (χ2v) is 6.38. The minimum absolute atomic E-state index is 0.126. The Bertz CT molecular complexity index is 809. The topological polar surface area (TPSA) is 89.5 Å². The third-order valence-electron chi connectivity index (χ3n) is 3.18. The summed E-state index contributed by atoms with van der Waals surface area (Å²) in [5.41, 5.74) is 0.513. The molecule has 2 aromatic rings. The van der Waals surface area contributed by atoms with Crippen molar-refractivity contribution in [1.29, 1.82) is 0 Å². The standard InChI is InChI=1S/C17H18ClN3O4S/c1-4-7-19-17-21-13(9-26-17)16(23)25-10(2)15(22)20-12-8-11(18)5-6-14(12)24-3/h4-6,8-10H,1,7H2,2-3H3,(H,19,21)(H,20,22). The molecule has 0 radical (unpaired) electrons. The number of ether oxygens (including phenoxy) is 2. The van der Waals surface area contributed by atoms with Gasteiger partial charge in [-0.25, -0.2) is 9.78 Å². The molecule has 0 aliphatic carbocycles. The molecule has 1 aromatic carbocycles. The van der Waals surface area contributed by atoms with Crippen LogP contribution in [0, 0.1) is 0 Å². The maximum absolute atomic E-state index is 12.3. The van der Waals surface area contributed by atoms with Crippen molar-refractivity contribution in [3.63, 3.8) is 0 Å². The molecule has 1 atom stereocenters. The number of aromatic nitrogens is 1. The smallest absolute Gasteiger partial charge is 0.358 e. The Morgan fingerprint density at radius 1 is 1.46 bits per heavy atom. The minimum Gasteiger partial charge on any atom is -0.495 e. The number of halogens is 1. The van der Waals surface area contributed by atoms with Crippen molar-refractivity contribution in [2.45, 2.75) is 13.0 Å². The number of nitrogens with zero attached hydrogens (tertiary/aromatic N) is 1. The fourth-order valence-corrected chi connectivity index (χ4v) is 2.76. The second kappa shape index (κ2) is 9.21. The van der Waals surface area contributed by atoms with Gasteiger partial charge in [0.05, 0.1) is 12.8 Å². The Labute approximate surface area is 160 Å². The highest BCUT2D eigenvalue weighted by Crippen LogP contribution is 2.28. The first kappa shape index (κ1) is 19.7. The maximum Gasteiger partial charge on any atom is 0.358 e. The van der Waals surface area contributed by atoms with Gasteiger partial charge >= 0.3 is 5.97 Å². The summed E-state index contributed by atoms with van der Waals surface area (Å²) in [6.07, 6.45) is 0.646. The van der Waals surface area contributed by atoms with Crippen LogP contribution in [-0.2, 0) is 9.53 Å². The summed E-state index contributed by atoms with van der Waals surface area (Å²) in [5.74, 6) is -0.758. The van der Waals surface area contributed by atoms with E-state index in [1.807, 2.05) is 0 Å². The van der Waals surface area contributed by atoms with Gasteiger partial charge in [0.2, 0.25) is 0 Å². The van der Waals surface area contributed by atoms with Crippen molar-refractivity contribution in [2.24, 2.45) is 0 Å². The van der Waals surface area contributed by atoms with Crippen LogP contribution in [0.1, 0.15) is 17.4 Å². The number of amides is 1. The van der Waals surface area contributed by atoms with Crippen molar-refractivity contribution in [2.75, 3.05) is 24.3 Å². The van der Waals surface area contributed by atoms with Crippen molar-refractivity contribution in [1.82, 2.24) is 4.98 Å². The molecule has 0 bridgehead atoms. The number of methoxy groups -OCH3 is 1. The van der Waals surface area contributed by atoms with Gasteiger partial charge in [0.1, 0.15) is 5.75 Å². The molecular formula is C17H18ClN3O4S. The van der Waals surface area contributed by atoms with Gasteiger partial charge < -0.3 is 20.1 Å². The largest absolute Gasteiger partial charge is 0.495 e. The molecule has 1 aromatic heterocycles. The van der Waals surface area contributed by atoms with Gasteiger partial charge in [-0.05, 0) is 25.1 Å². The number of hydrogen-bond donors (Lipinski definition) is 2. The van der Waals surface area contributed by atoms with Crippen molar-refractivity contribution in [3.8, 4) is 5.75 Å². The van der Waals surface area contributed by atoms with E-state index in [4.69, 9.17) is 21.1 Å². The Kier molecular flexibility index (Phi) is 6.99. The number of carbonyl (C=O) groups excluding carboxylic acids is 2. The van der Waals surface area contributed by atoms with E-state index in [-0.39, 0.29) is 5.69 Å². The van der Waals surface area contributed by atoms with Gasteiger partial charge in [-0.1, -0.05) is 17.7 Å². The van der Waals surface area contributed by atoms with Crippen LogP contribution in [-0.4, -0.2) is 36.6 Å². The average Bonchev–Trinajstić information content (AvgIpc) is 3.09. The lowest BCUT2D eigenvalue weighted by Gasteiger charge is -2.15. The molecule has 1 heterocycles. The summed E-state index contributed by atoms with van der Waals surface area (Å²) < 4.78 is 10.3. The quantitative estimate of drug-likeness (QED) is 0.524. The number of anilines is 2. The maximum atomic E-state index is 12.3. The zero-order valence-corrected chi connectivity index (χ0v) is 15.8. The van der Waals surface area contributed by atoms with E-state index < -0.39 is 18.0 Å².